The number of amides is 4. The zero-order valence-electron chi connectivity index (χ0n) is 14.5. The molecule has 0 saturated carbocycles. The fourth-order valence-corrected chi connectivity index (χ4v) is 3.93. The van der Waals surface area contributed by atoms with Crippen molar-refractivity contribution in [3.63, 3.8) is 0 Å². The van der Waals surface area contributed by atoms with Crippen LogP contribution in [0.4, 0.5) is 9.80 Å². The fraction of sp³-hybridized carbons (Fsp3) is 0.412. The van der Waals surface area contributed by atoms with Gasteiger partial charge in [0.05, 0.1) is 5.56 Å². The summed E-state index contributed by atoms with van der Waals surface area (Å²) >= 11 is 1.37. The van der Waals surface area contributed by atoms with Gasteiger partial charge in [0, 0.05) is 18.3 Å². The third-order valence-electron chi connectivity index (χ3n) is 3.66. The highest BCUT2D eigenvalue weighted by Gasteiger charge is 2.27. The number of carbonyl (C=O) groups is 4. The van der Waals surface area contributed by atoms with Crippen LogP contribution >= 0.6 is 11.3 Å². The zero-order valence-corrected chi connectivity index (χ0v) is 15.3. The Labute approximate surface area is 155 Å². The lowest BCUT2D eigenvalue weighted by atomic mass is 9.95. The van der Waals surface area contributed by atoms with Crippen molar-refractivity contribution in [2.45, 2.75) is 32.6 Å². The summed E-state index contributed by atoms with van der Waals surface area (Å²) in [6, 6.07) is -0.696. The van der Waals surface area contributed by atoms with Gasteiger partial charge in [0.1, 0.15) is 5.00 Å². The largest absolute Gasteiger partial charge is 0.452 e. The van der Waals surface area contributed by atoms with E-state index in [1.807, 2.05) is 5.32 Å². The number of anilines is 1. The first-order valence-corrected chi connectivity index (χ1v) is 9.01. The molecule has 0 fully saturated rings. The Bertz CT molecular complexity index is 741. The van der Waals surface area contributed by atoms with Gasteiger partial charge in [-0.25, -0.2) is 9.59 Å². The van der Waals surface area contributed by atoms with E-state index in [9.17, 15) is 19.2 Å². The van der Waals surface area contributed by atoms with E-state index in [-0.39, 0.29) is 12.5 Å². The summed E-state index contributed by atoms with van der Waals surface area (Å²) < 4.78 is 5.05. The Morgan fingerprint density at radius 3 is 2.65 bits per heavy atom. The van der Waals surface area contributed by atoms with Crippen molar-refractivity contribution in [3.8, 4) is 0 Å². The van der Waals surface area contributed by atoms with Crippen LogP contribution in [0.3, 0.4) is 0 Å². The number of ether oxygens (including phenoxy) is 1. The Kier molecular flexibility index (Phi) is 6.90. The maximum atomic E-state index is 12.5. The highest BCUT2D eigenvalue weighted by Crippen LogP contribution is 2.38. The molecule has 140 valence electrons. The number of imide groups is 1. The lowest BCUT2D eigenvalue weighted by Crippen LogP contribution is -2.41. The smallest absolute Gasteiger partial charge is 0.341 e. The molecule has 1 aromatic rings. The molecule has 0 saturated heterocycles. The van der Waals surface area contributed by atoms with Crippen LogP contribution in [0.5, 0.6) is 0 Å². The number of urea groups is 1. The molecule has 0 atom stereocenters. The first-order chi connectivity index (χ1) is 12.4. The zero-order chi connectivity index (χ0) is 19.1. The number of thiophene rings is 1. The van der Waals surface area contributed by atoms with Gasteiger partial charge in [-0.15, -0.1) is 17.9 Å². The molecule has 9 heteroatoms. The normalized spacial score (nSPS) is 12.5. The van der Waals surface area contributed by atoms with Crippen molar-refractivity contribution >= 4 is 40.2 Å². The van der Waals surface area contributed by atoms with Crippen molar-refractivity contribution in [3.05, 3.63) is 28.7 Å². The van der Waals surface area contributed by atoms with E-state index < -0.39 is 24.5 Å². The topological polar surface area (TPSA) is 114 Å². The molecule has 1 heterocycles. The first kappa shape index (κ1) is 19.6. The average Bonchev–Trinajstić information content (AvgIpc) is 2.94. The Balaban J connectivity index is 2.03. The minimum Gasteiger partial charge on any atom is -0.452 e. The van der Waals surface area contributed by atoms with Gasteiger partial charge >= 0.3 is 12.0 Å². The van der Waals surface area contributed by atoms with E-state index in [1.165, 1.54) is 24.3 Å². The molecule has 0 aliphatic heterocycles. The van der Waals surface area contributed by atoms with Crippen LogP contribution in [0, 0.1) is 0 Å². The van der Waals surface area contributed by atoms with Crippen molar-refractivity contribution in [2.75, 3.05) is 18.5 Å². The molecule has 8 nitrogen and oxygen atoms in total. The van der Waals surface area contributed by atoms with Gasteiger partial charge < -0.3 is 15.4 Å². The number of rotatable bonds is 6. The van der Waals surface area contributed by atoms with Gasteiger partial charge in [0.15, 0.2) is 6.61 Å². The van der Waals surface area contributed by atoms with E-state index in [0.717, 1.165) is 36.1 Å². The molecule has 0 radical (unpaired) electrons. The monoisotopic (exact) mass is 379 g/mol. The molecule has 0 bridgehead atoms. The SMILES string of the molecule is C=CCNC(=O)NC(=O)COC(=O)c1c(NC(C)=O)sc2c1CCCC2. The van der Waals surface area contributed by atoms with Crippen LogP contribution in [-0.2, 0) is 27.2 Å². The molecule has 0 unspecified atom stereocenters. The Morgan fingerprint density at radius 2 is 1.96 bits per heavy atom. The van der Waals surface area contributed by atoms with Crippen LogP contribution in [0.15, 0.2) is 12.7 Å². The molecule has 1 aliphatic carbocycles. The predicted octanol–water partition coefficient (Wildman–Crippen LogP) is 1.75. The number of aryl methyl sites for hydroxylation is 1. The average molecular weight is 379 g/mol. The summed E-state index contributed by atoms with van der Waals surface area (Å²) in [5.74, 6) is -1.71. The Hall–Kier alpha value is -2.68. The van der Waals surface area contributed by atoms with Crippen LogP contribution in [0.1, 0.15) is 40.6 Å². The van der Waals surface area contributed by atoms with Gasteiger partial charge in [-0.2, -0.15) is 0 Å². The summed E-state index contributed by atoms with van der Waals surface area (Å²) in [6.07, 6.45) is 5.03. The molecule has 1 aromatic heterocycles. The lowest BCUT2D eigenvalue weighted by molar-refractivity contribution is -0.123. The van der Waals surface area contributed by atoms with Crippen molar-refractivity contribution in [2.24, 2.45) is 0 Å². The molecule has 26 heavy (non-hydrogen) atoms. The minimum atomic E-state index is -0.745. The number of carbonyl (C=O) groups excluding carboxylic acids is 4. The quantitative estimate of drug-likeness (QED) is 0.515. The van der Waals surface area contributed by atoms with E-state index >= 15 is 0 Å². The number of esters is 1. The molecule has 3 N–H and O–H groups in total. The summed E-state index contributed by atoms with van der Waals surface area (Å²) in [6.45, 7) is 4.42. The van der Waals surface area contributed by atoms with E-state index in [2.05, 4.69) is 17.2 Å². The van der Waals surface area contributed by atoms with Crippen molar-refractivity contribution in [1.29, 1.82) is 0 Å². The third-order valence-corrected chi connectivity index (χ3v) is 4.87. The number of nitrogens with one attached hydrogen (secondary N) is 3. The van der Waals surface area contributed by atoms with Crippen LogP contribution in [0.25, 0.3) is 0 Å². The van der Waals surface area contributed by atoms with Crippen LogP contribution in [-0.4, -0.2) is 37.0 Å². The second kappa shape index (κ2) is 9.14. The standard InChI is InChI=1S/C17H21N3O5S/c1-3-8-18-17(24)20-13(22)9-25-16(23)14-11-6-4-5-7-12(11)26-15(14)19-10(2)21/h3H,1,4-9H2,2H3,(H,19,21)(H2,18,20,22,24). The maximum Gasteiger partial charge on any atom is 0.341 e. The molecular weight excluding hydrogens is 358 g/mol. The van der Waals surface area contributed by atoms with Crippen LogP contribution in [0.2, 0.25) is 0 Å². The van der Waals surface area contributed by atoms with E-state index in [0.29, 0.717) is 10.6 Å². The molecule has 0 aromatic carbocycles. The highest BCUT2D eigenvalue weighted by atomic mass is 32.1. The molecule has 1 aliphatic rings. The lowest BCUT2D eigenvalue weighted by Gasteiger charge is -2.12. The summed E-state index contributed by atoms with van der Waals surface area (Å²) in [5.41, 5.74) is 1.18. The summed E-state index contributed by atoms with van der Waals surface area (Å²) in [5, 5.41) is 7.52. The van der Waals surface area contributed by atoms with Gasteiger partial charge in [-0.3, -0.25) is 14.9 Å². The molecule has 0 spiro atoms. The second-order valence-corrected chi connectivity index (χ2v) is 6.82. The number of fused-ring (bicyclic) bond motifs is 1. The van der Waals surface area contributed by atoms with Gasteiger partial charge in [-0.05, 0) is 31.2 Å². The van der Waals surface area contributed by atoms with Crippen molar-refractivity contribution in [1.82, 2.24) is 10.6 Å². The van der Waals surface area contributed by atoms with E-state index in [4.69, 9.17) is 4.74 Å². The second-order valence-electron chi connectivity index (χ2n) is 5.72. The summed E-state index contributed by atoms with van der Waals surface area (Å²) in [7, 11) is 0. The van der Waals surface area contributed by atoms with Crippen molar-refractivity contribution < 1.29 is 23.9 Å². The predicted molar refractivity (Wildman–Crippen MR) is 97.3 cm³/mol. The Morgan fingerprint density at radius 1 is 1.23 bits per heavy atom. The maximum absolute atomic E-state index is 12.5. The highest BCUT2D eigenvalue weighted by molar-refractivity contribution is 7.17. The van der Waals surface area contributed by atoms with Gasteiger partial charge in [0.2, 0.25) is 5.91 Å². The minimum absolute atomic E-state index is 0.208. The number of hydrogen-bond acceptors (Lipinski definition) is 6. The van der Waals surface area contributed by atoms with Gasteiger partial charge in [0.25, 0.3) is 5.91 Å². The van der Waals surface area contributed by atoms with E-state index in [1.54, 1.807) is 0 Å². The molecular formula is C17H21N3O5S. The fourth-order valence-electron chi connectivity index (χ4n) is 2.60. The van der Waals surface area contributed by atoms with Crippen LogP contribution < -0.4 is 16.0 Å². The summed E-state index contributed by atoms with van der Waals surface area (Å²) in [4.78, 5) is 48.0. The number of hydrogen-bond donors (Lipinski definition) is 3. The molecule has 4 amide bonds. The van der Waals surface area contributed by atoms with Gasteiger partial charge in [-0.1, -0.05) is 6.08 Å². The first-order valence-electron chi connectivity index (χ1n) is 8.20. The third kappa shape index (κ3) is 5.16. The molecule has 2 rings (SSSR count).